The van der Waals surface area contributed by atoms with Crippen molar-refractivity contribution in [2.75, 3.05) is 6.61 Å². The highest BCUT2D eigenvalue weighted by Gasteiger charge is 2.46. The van der Waals surface area contributed by atoms with Crippen molar-refractivity contribution < 1.29 is 54.8 Å². The monoisotopic (exact) mass is 340 g/mol. The van der Waals surface area contributed by atoms with E-state index in [1.807, 2.05) is 0 Å². The SMILES string of the molecule is O=C[C@H]1O[C@H](OC[C@H]2OC(O)[C@H](O)[C@@H](O)[C@@H]2O)[C@H](O)[C@@H](O)[C@H]1O. The van der Waals surface area contributed by atoms with E-state index in [4.69, 9.17) is 14.2 Å². The summed E-state index contributed by atoms with van der Waals surface area (Å²) in [5, 5.41) is 66.9. The highest BCUT2D eigenvalue weighted by molar-refractivity contribution is 5.57. The Morgan fingerprint density at radius 3 is 2.00 bits per heavy atom. The van der Waals surface area contributed by atoms with Crippen LogP contribution in [0, 0.1) is 0 Å². The predicted molar refractivity (Wildman–Crippen MR) is 67.6 cm³/mol. The molecule has 2 heterocycles. The number of rotatable bonds is 4. The van der Waals surface area contributed by atoms with Crippen LogP contribution in [-0.4, -0.2) is 110 Å². The zero-order valence-electron chi connectivity index (χ0n) is 11.8. The molecule has 1 unspecified atom stereocenters. The van der Waals surface area contributed by atoms with Crippen LogP contribution < -0.4 is 0 Å². The van der Waals surface area contributed by atoms with Crippen LogP contribution >= 0.6 is 0 Å². The normalized spacial score (nSPS) is 51.4. The lowest BCUT2D eigenvalue weighted by molar-refractivity contribution is -0.319. The van der Waals surface area contributed by atoms with Gasteiger partial charge in [-0.25, -0.2) is 0 Å². The van der Waals surface area contributed by atoms with Gasteiger partial charge in [-0.3, -0.25) is 0 Å². The van der Waals surface area contributed by atoms with E-state index in [1.54, 1.807) is 0 Å². The van der Waals surface area contributed by atoms with E-state index >= 15 is 0 Å². The Bertz CT molecular complexity index is 406. The molecule has 7 N–H and O–H groups in total. The maximum absolute atomic E-state index is 10.8. The van der Waals surface area contributed by atoms with Gasteiger partial charge in [-0.15, -0.1) is 0 Å². The number of hydrogen-bond acceptors (Lipinski definition) is 11. The molecule has 0 amide bonds. The van der Waals surface area contributed by atoms with Crippen LogP contribution in [0.2, 0.25) is 0 Å². The molecule has 2 saturated heterocycles. The molecule has 0 aliphatic carbocycles. The van der Waals surface area contributed by atoms with Crippen molar-refractivity contribution in [2.24, 2.45) is 0 Å². The number of carbonyl (C=O) groups excluding carboxylic acids is 1. The number of ether oxygens (including phenoxy) is 3. The van der Waals surface area contributed by atoms with Crippen molar-refractivity contribution in [1.29, 1.82) is 0 Å². The topological polar surface area (TPSA) is 186 Å². The second kappa shape index (κ2) is 7.44. The Hall–Kier alpha value is -0.730. The zero-order chi connectivity index (χ0) is 17.3. The van der Waals surface area contributed by atoms with E-state index in [1.165, 1.54) is 0 Å². The summed E-state index contributed by atoms with van der Waals surface area (Å²) in [4.78, 5) is 10.8. The lowest BCUT2D eigenvalue weighted by Gasteiger charge is -2.41. The van der Waals surface area contributed by atoms with E-state index < -0.39 is 68.0 Å². The first-order chi connectivity index (χ1) is 10.8. The second-order valence-corrected chi connectivity index (χ2v) is 5.45. The summed E-state index contributed by atoms with van der Waals surface area (Å²) in [6.45, 7) is -0.502. The minimum atomic E-state index is -1.76. The van der Waals surface area contributed by atoms with E-state index in [-0.39, 0.29) is 6.29 Å². The van der Waals surface area contributed by atoms with Gasteiger partial charge in [-0.2, -0.15) is 0 Å². The average Bonchev–Trinajstić information content (AvgIpc) is 2.54. The van der Waals surface area contributed by atoms with Gasteiger partial charge in [0.05, 0.1) is 6.61 Å². The molecule has 0 aromatic heterocycles. The average molecular weight is 340 g/mol. The van der Waals surface area contributed by atoms with Gasteiger partial charge in [0.15, 0.2) is 18.9 Å². The summed E-state index contributed by atoms with van der Waals surface area (Å²) in [7, 11) is 0. The molecule has 11 nitrogen and oxygen atoms in total. The summed E-state index contributed by atoms with van der Waals surface area (Å²) in [6.07, 6.45) is -15.7. The Labute approximate surface area is 130 Å². The number of aliphatic hydroxyl groups excluding tert-OH is 7. The Balaban J connectivity index is 1.95. The van der Waals surface area contributed by atoms with Crippen LogP contribution in [0.5, 0.6) is 0 Å². The van der Waals surface area contributed by atoms with E-state index in [0.717, 1.165) is 0 Å². The van der Waals surface area contributed by atoms with Gasteiger partial charge in [-0.1, -0.05) is 0 Å². The molecule has 0 spiro atoms. The zero-order valence-corrected chi connectivity index (χ0v) is 11.8. The first kappa shape index (κ1) is 18.6. The Morgan fingerprint density at radius 2 is 1.39 bits per heavy atom. The van der Waals surface area contributed by atoms with E-state index in [0.29, 0.717) is 0 Å². The fourth-order valence-electron chi connectivity index (χ4n) is 2.38. The summed E-state index contributed by atoms with van der Waals surface area (Å²) in [5.74, 6) is 0. The summed E-state index contributed by atoms with van der Waals surface area (Å²) >= 11 is 0. The quantitative estimate of drug-likeness (QED) is 0.242. The fraction of sp³-hybridized carbons (Fsp3) is 0.917. The molecule has 10 atom stereocenters. The molecule has 0 aromatic rings. The third-order valence-electron chi connectivity index (χ3n) is 3.85. The minimum Gasteiger partial charge on any atom is -0.387 e. The van der Waals surface area contributed by atoms with Crippen LogP contribution in [0.1, 0.15) is 0 Å². The highest BCUT2D eigenvalue weighted by atomic mass is 16.7. The molecule has 23 heavy (non-hydrogen) atoms. The highest BCUT2D eigenvalue weighted by Crippen LogP contribution is 2.24. The fourth-order valence-corrected chi connectivity index (χ4v) is 2.38. The van der Waals surface area contributed by atoms with Crippen molar-refractivity contribution in [3.8, 4) is 0 Å². The van der Waals surface area contributed by atoms with Crippen LogP contribution in [0.25, 0.3) is 0 Å². The van der Waals surface area contributed by atoms with Crippen molar-refractivity contribution >= 4 is 6.29 Å². The van der Waals surface area contributed by atoms with Crippen molar-refractivity contribution in [3.63, 3.8) is 0 Å². The van der Waals surface area contributed by atoms with Gasteiger partial charge >= 0.3 is 0 Å². The van der Waals surface area contributed by atoms with Crippen LogP contribution in [0.15, 0.2) is 0 Å². The molecule has 2 aliphatic heterocycles. The largest absolute Gasteiger partial charge is 0.387 e. The molecule has 2 rings (SSSR count). The van der Waals surface area contributed by atoms with Gasteiger partial charge in [0.25, 0.3) is 0 Å². The standard InChI is InChI=1S/C12H20O11/c13-1-3-5(14)8(17)10(19)12(23-3)21-2-4-6(15)7(16)9(18)11(20)22-4/h1,3-12,14-20H,2H2/t3-,4-,5+,6-,7+,8+,9-,10-,11?,12+/m1/s1. The maximum Gasteiger partial charge on any atom is 0.187 e. The van der Waals surface area contributed by atoms with Gasteiger partial charge < -0.3 is 54.8 Å². The maximum atomic E-state index is 10.8. The first-order valence-corrected chi connectivity index (χ1v) is 6.92. The lowest BCUT2D eigenvalue weighted by atomic mass is 9.98. The molecule has 2 aliphatic rings. The molecular weight excluding hydrogens is 320 g/mol. The smallest absolute Gasteiger partial charge is 0.187 e. The van der Waals surface area contributed by atoms with Crippen LogP contribution in [-0.2, 0) is 19.0 Å². The number of carbonyl (C=O) groups is 1. The van der Waals surface area contributed by atoms with Crippen LogP contribution in [0.3, 0.4) is 0 Å². The van der Waals surface area contributed by atoms with Gasteiger partial charge in [0.1, 0.15) is 48.8 Å². The number of aliphatic hydroxyl groups is 7. The lowest BCUT2D eigenvalue weighted by Crippen LogP contribution is -2.61. The Kier molecular flexibility index (Phi) is 6.02. The second-order valence-electron chi connectivity index (χ2n) is 5.45. The molecule has 0 bridgehead atoms. The molecule has 0 saturated carbocycles. The van der Waals surface area contributed by atoms with Crippen molar-refractivity contribution in [3.05, 3.63) is 0 Å². The van der Waals surface area contributed by atoms with Gasteiger partial charge in [0, 0.05) is 0 Å². The third-order valence-corrected chi connectivity index (χ3v) is 3.85. The van der Waals surface area contributed by atoms with E-state index in [2.05, 4.69) is 0 Å². The third kappa shape index (κ3) is 3.69. The van der Waals surface area contributed by atoms with Crippen molar-refractivity contribution in [1.82, 2.24) is 0 Å². The van der Waals surface area contributed by atoms with Crippen LogP contribution in [0.4, 0.5) is 0 Å². The summed E-state index contributed by atoms with van der Waals surface area (Å²) in [6, 6.07) is 0. The Morgan fingerprint density at radius 1 is 0.783 bits per heavy atom. The first-order valence-electron chi connectivity index (χ1n) is 6.92. The molecule has 0 aromatic carbocycles. The number of aldehydes is 1. The van der Waals surface area contributed by atoms with Gasteiger partial charge in [0.2, 0.25) is 0 Å². The number of hydrogen-bond donors (Lipinski definition) is 7. The predicted octanol–water partition coefficient (Wildman–Crippen LogP) is -5.19. The molecular formula is C12H20O11. The molecule has 0 radical (unpaired) electrons. The minimum absolute atomic E-state index is 0.228. The molecule has 134 valence electrons. The summed E-state index contributed by atoms with van der Waals surface area (Å²) < 4.78 is 14.9. The molecule has 2 fully saturated rings. The van der Waals surface area contributed by atoms with Gasteiger partial charge in [-0.05, 0) is 0 Å². The summed E-state index contributed by atoms with van der Waals surface area (Å²) in [5.41, 5.74) is 0. The molecule has 11 heteroatoms. The van der Waals surface area contributed by atoms with Crippen molar-refractivity contribution in [2.45, 2.75) is 61.4 Å². The van der Waals surface area contributed by atoms with E-state index in [9.17, 15) is 40.5 Å².